The van der Waals surface area contributed by atoms with Gasteiger partial charge in [0, 0.05) is 11.9 Å². The summed E-state index contributed by atoms with van der Waals surface area (Å²) < 4.78 is 33.0. The van der Waals surface area contributed by atoms with Crippen LogP contribution in [0.3, 0.4) is 0 Å². The maximum Gasteiger partial charge on any atom is 0.350 e. The third-order valence-electron chi connectivity index (χ3n) is 4.13. The van der Waals surface area contributed by atoms with Crippen LogP contribution >= 0.6 is 0 Å². The number of ether oxygens (including phenoxy) is 1. The summed E-state index contributed by atoms with van der Waals surface area (Å²) in [6.45, 7) is 7.33. The molecule has 0 saturated carbocycles. The molecular formula is C21H23N3O4S. The van der Waals surface area contributed by atoms with Gasteiger partial charge in [-0.1, -0.05) is 23.8 Å². The summed E-state index contributed by atoms with van der Waals surface area (Å²) in [6, 6.07) is 11.8. The van der Waals surface area contributed by atoms with Crippen LogP contribution < -0.4 is 10.0 Å². The van der Waals surface area contributed by atoms with Crippen LogP contribution in [-0.4, -0.2) is 21.0 Å². The lowest BCUT2D eigenvalue weighted by atomic mass is 10.1. The number of benzene rings is 2. The van der Waals surface area contributed by atoms with Crippen LogP contribution in [-0.2, 0) is 19.6 Å². The van der Waals surface area contributed by atoms with Gasteiger partial charge in [-0.2, -0.15) is 5.26 Å². The average molecular weight is 413 g/mol. The van der Waals surface area contributed by atoms with E-state index in [2.05, 4.69) is 10.0 Å². The second kappa shape index (κ2) is 9.26. The van der Waals surface area contributed by atoms with E-state index in [1.165, 1.54) is 18.3 Å². The van der Waals surface area contributed by atoms with E-state index in [1.54, 1.807) is 32.0 Å². The predicted molar refractivity (Wildman–Crippen MR) is 112 cm³/mol. The third-order valence-corrected chi connectivity index (χ3v) is 5.50. The number of nitriles is 1. The average Bonchev–Trinajstić information content (AvgIpc) is 2.66. The Bertz CT molecular complexity index is 1100. The molecule has 0 aliphatic rings. The highest BCUT2D eigenvalue weighted by molar-refractivity contribution is 7.92. The minimum absolute atomic E-state index is 0.0496. The number of rotatable bonds is 7. The van der Waals surface area contributed by atoms with Gasteiger partial charge in [0.25, 0.3) is 10.0 Å². The van der Waals surface area contributed by atoms with Crippen molar-refractivity contribution in [1.29, 1.82) is 5.26 Å². The molecule has 2 rings (SSSR count). The zero-order valence-corrected chi connectivity index (χ0v) is 17.6. The molecule has 0 aromatic heterocycles. The number of nitrogens with one attached hydrogen (secondary N) is 2. The first-order chi connectivity index (χ1) is 13.7. The monoisotopic (exact) mass is 413 g/mol. The quantitative estimate of drug-likeness (QED) is 0.406. The molecule has 29 heavy (non-hydrogen) atoms. The molecule has 7 nitrogen and oxygen atoms in total. The molecule has 0 heterocycles. The van der Waals surface area contributed by atoms with E-state index in [0.29, 0.717) is 11.4 Å². The number of esters is 1. The molecule has 0 fully saturated rings. The number of nitrogens with zero attached hydrogens (tertiary/aromatic N) is 1. The molecule has 0 amide bonds. The minimum Gasteiger partial charge on any atom is -0.462 e. The number of aryl methyl sites for hydroxylation is 3. The van der Waals surface area contributed by atoms with Gasteiger partial charge in [-0.05, 0) is 57.0 Å². The first-order valence-corrected chi connectivity index (χ1v) is 10.4. The highest BCUT2D eigenvalue weighted by atomic mass is 32.2. The molecular weight excluding hydrogens is 390 g/mol. The zero-order valence-electron chi connectivity index (χ0n) is 16.7. The summed E-state index contributed by atoms with van der Waals surface area (Å²) in [4.78, 5) is 11.8. The first kappa shape index (κ1) is 22.0. The highest BCUT2D eigenvalue weighted by Gasteiger charge is 2.17. The Balaban J connectivity index is 2.31. The fourth-order valence-electron chi connectivity index (χ4n) is 2.55. The van der Waals surface area contributed by atoms with Crippen molar-refractivity contribution >= 4 is 27.4 Å². The van der Waals surface area contributed by atoms with E-state index in [4.69, 9.17) is 10.00 Å². The van der Waals surface area contributed by atoms with E-state index in [1.807, 2.05) is 26.0 Å². The summed E-state index contributed by atoms with van der Waals surface area (Å²) >= 11 is 0. The Morgan fingerprint density at radius 2 is 1.83 bits per heavy atom. The summed E-state index contributed by atoms with van der Waals surface area (Å²) in [7, 11) is -3.82. The van der Waals surface area contributed by atoms with Crippen molar-refractivity contribution in [2.24, 2.45) is 0 Å². The number of sulfonamides is 1. The summed E-state index contributed by atoms with van der Waals surface area (Å²) in [6.07, 6.45) is 1.20. The Kier molecular flexibility index (Phi) is 7.02. The molecule has 0 unspecified atom stereocenters. The van der Waals surface area contributed by atoms with Crippen LogP contribution in [0.4, 0.5) is 11.4 Å². The van der Waals surface area contributed by atoms with Gasteiger partial charge in [0.15, 0.2) is 5.57 Å². The largest absolute Gasteiger partial charge is 0.462 e. The SMILES string of the molecule is CCOC(=O)/C(C#N)=C/Nc1cc(S(=O)(=O)Nc2ccc(C)cc2C)ccc1C. The molecule has 0 bridgehead atoms. The van der Waals surface area contributed by atoms with E-state index >= 15 is 0 Å². The Morgan fingerprint density at radius 1 is 1.10 bits per heavy atom. The molecule has 0 radical (unpaired) electrons. The lowest BCUT2D eigenvalue weighted by Crippen LogP contribution is -2.14. The standard InChI is InChI=1S/C21H23N3O4S/c1-5-28-21(25)17(12-22)13-23-20-11-18(8-7-15(20)3)29(26,27)24-19-9-6-14(2)10-16(19)4/h6-11,13,23-24H,5H2,1-4H3/b17-13+. The second-order valence-electron chi connectivity index (χ2n) is 6.44. The van der Waals surface area contributed by atoms with Gasteiger partial charge in [-0.25, -0.2) is 13.2 Å². The Labute approximate surface area is 171 Å². The molecule has 152 valence electrons. The van der Waals surface area contributed by atoms with Crippen LogP contribution in [0.1, 0.15) is 23.6 Å². The first-order valence-electron chi connectivity index (χ1n) is 8.92. The van der Waals surface area contributed by atoms with Crippen LogP contribution in [0, 0.1) is 32.1 Å². The van der Waals surface area contributed by atoms with E-state index in [0.717, 1.165) is 16.7 Å². The van der Waals surface area contributed by atoms with Crippen LogP contribution in [0.15, 0.2) is 53.1 Å². The molecule has 0 aliphatic carbocycles. The molecule has 0 saturated heterocycles. The third kappa shape index (κ3) is 5.59. The smallest absolute Gasteiger partial charge is 0.350 e. The predicted octanol–water partition coefficient (Wildman–Crippen LogP) is 3.80. The van der Waals surface area contributed by atoms with E-state index in [9.17, 15) is 13.2 Å². The van der Waals surface area contributed by atoms with Crippen LogP contribution in [0.25, 0.3) is 0 Å². The summed E-state index contributed by atoms with van der Waals surface area (Å²) in [5.74, 6) is -0.750. The normalized spacial score (nSPS) is 11.5. The van der Waals surface area contributed by atoms with Crippen LogP contribution in [0.5, 0.6) is 0 Å². The molecule has 8 heteroatoms. The van der Waals surface area contributed by atoms with Gasteiger partial charge >= 0.3 is 5.97 Å². The fourth-order valence-corrected chi connectivity index (χ4v) is 3.71. The molecule has 2 aromatic rings. The summed E-state index contributed by atoms with van der Waals surface area (Å²) in [5, 5.41) is 11.9. The van der Waals surface area contributed by atoms with Gasteiger partial charge in [-0.3, -0.25) is 4.72 Å². The van der Waals surface area contributed by atoms with Crippen molar-refractivity contribution in [3.05, 3.63) is 64.9 Å². The maximum atomic E-state index is 12.8. The van der Waals surface area contributed by atoms with Crippen molar-refractivity contribution in [2.75, 3.05) is 16.6 Å². The maximum absolute atomic E-state index is 12.8. The topological polar surface area (TPSA) is 108 Å². The van der Waals surface area contributed by atoms with Crippen molar-refractivity contribution in [3.8, 4) is 6.07 Å². The van der Waals surface area contributed by atoms with E-state index < -0.39 is 16.0 Å². The van der Waals surface area contributed by atoms with Gasteiger partial charge in [0.1, 0.15) is 6.07 Å². The number of hydrogen-bond acceptors (Lipinski definition) is 6. The van der Waals surface area contributed by atoms with Crippen molar-refractivity contribution < 1.29 is 17.9 Å². The van der Waals surface area contributed by atoms with Crippen LogP contribution in [0.2, 0.25) is 0 Å². The van der Waals surface area contributed by atoms with Gasteiger partial charge < -0.3 is 10.1 Å². The minimum atomic E-state index is -3.82. The van der Waals surface area contributed by atoms with Gasteiger partial charge in [0.05, 0.1) is 17.2 Å². The highest BCUT2D eigenvalue weighted by Crippen LogP contribution is 2.24. The lowest BCUT2D eigenvalue weighted by molar-refractivity contribution is -0.138. The van der Waals surface area contributed by atoms with Crippen molar-refractivity contribution in [1.82, 2.24) is 0 Å². The van der Waals surface area contributed by atoms with Crippen molar-refractivity contribution in [3.63, 3.8) is 0 Å². The number of carbonyl (C=O) groups excluding carboxylic acids is 1. The lowest BCUT2D eigenvalue weighted by Gasteiger charge is -2.13. The molecule has 2 aromatic carbocycles. The fraction of sp³-hybridized carbons (Fsp3) is 0.238. The number of anilines is 2. The van der Waals surface area contributed by atoms with Gasteiger partial charge in [-0.15, -0.1) is 0 Å². The molecule has 2 N–H and O–H groups in total. The molecule has 0 spiro atoms. The van der Waals surface area contributed by atoms with Crippen molar-refractivity contribution in [2.45, 2.75) is 32.6 Å². The van der Waals surface area contributed by atoms with E-state index in [-0.39, 0.29) is 17.1 Å². The molecule has 0 aliphatic heterocycles. The Morgan fingerprint density at radius 3 is 2.45 bits per heavy atom. The Hall–Kier alpha value is -3.31. The zero-order chi connectivity index (χ0) is 21.6. The van der Waals surface area contributed by atoms with Gasteiger partial charge in [0.2, 0.25) is 0 Å². The molecule has 0 atom stereocenters. The number of hydrogen-bond donors (Lipinski definition) is 2. The second-order valence-corrected chi connectivity index (χ2v) is 8.12. The number of carbonyl (C=O) groups is 1. The summed E-state index contributed by atoms with van der Waals surface area (Å²) in [5.41, 5.74) is 3.33.